The molecule has 4 nitrogen and oxygen atoms in total. The molecule has 0 unspecified atom stereocenters. The summed E-state index contributed by atoms with van der Waals surface area (Å²) < 4.78 is 18.1. The molecule has 0 bridgehead atoms. The predicted molar refractivity (Wildman–Crippen MR) is 58.9 cm³/mol. The number of ether oxygens (including phenoxy) is 1. The number of rotatable bonds is 4. The standard InChI is InChI=1S/C11H12FN3O/c1-16-10-5-8(12)4-9(6-10)15-7-11-13-2-3-14-11/h2-6,15H,7H2,1H3,(H,13,14). The van der Waals surface area contributed by atoms with Crippen molar-refractivity contribution in [2.45, 2.75) is 6.54 Å². The van der Waals surface area contributed by atoms with E-state index in [9.17, 15) is 4.39 Å². The van der Waals surface area contributed by atoms with Crippen LogP contribution in [0.25, 0.3) is 0 Å². The van der Waals surface area contributed by atoms with Gasteiger partial charge in [-0.25, -0.2) is 9.37 Å². The topological polar surface area (TPSA) is 49.9 Å². The van der Waals surface area contributed by atoms with Crippen molar-refractivity contribution in [3.63, 3.8) is 0 Å². The Balaban J connectivity index is 2.06. The maximum atomic E-state index is 13.1. The van der Waals surface area contributed by atoms with Crippen molar-refractivity contribution in [2.75, 3.05) is 12.4 Å². The molecule has 0 saturated carbocycles. The van der Waals surface area contributed by atoms with E-state index in [0.717, 1.165) is 5.82 Å². The first-order valence-corrected chi connectivity index (χ1v) is 4.84. The molecule has 2 rings (SSSR count). The zero-order valence-corrected chi connectivity index (χ0v) is 8.83. The van der Waals surface area contributed by atoms with Gasteiger partial charge in [0.05, 0.1) is 13.7 Å². The average molecular weight is 221 g/mol. The fraction of sp³-hybridized carbons (Fsp3) is 0.182. The van der Waals surface area contributed by atoms with Crippen molar-refractivity contribution >= 4 is 5.69 Å². The number of nitrogens with zero attached hydrogens (tertiary/aromatic N) is 1. The van der Waals surface area contributed by atoms with Crippen LogP contribution in [0.3, 0.4) is 0 Å². The highest BCUT2D eigenvalue weighted by Gasteiger charge is 2.01. The Morgan fingerprint density at radius 1 is 1.44 bits per heavy atom. The summed E-state index contributed by atoms with van der Waals surface area (Å²) in [4.78, 5) is 7.01. The lowest BCUT2D eigenvalue weighted by Gasteiger charge is -2.07. The smallest absolute Gasteiger partial charge is 0.128 e. The van der Waals surface area contributed by atoms with E-state index >= 15 is 0 Å². The van der Waals surface area contributed by atoms with E-state index in [1.165, 1.54) is 19.2 Å². The Kier molecular flexibility index (Phi) is 3.05. The lowest BCUT2D eigenvalue weighted by molar-refractivity contribution is 0.411. The van der Waals surface area contributed by atoms with Gasteiger partial charge in [0.2, 0.25) is 0 Å². The van der Waals surface area contributed by atoms with Crippen molar-refractivity contribution in [1.29, 1.82) is 0 Å². The third kappa shape index (κ3) is 2.50. The summed E-state index contributed by atoms with van der Waals surface area (Å²) in [5.74, 6) is 0.950. The number of halogens is 1. The van der Waals surface area contributed by atoms with E-state index in [-0.39, 0.29) is 5.82 Å². The maximum Gasteiger partial charge on any atom is 0.128 e. The zero-order valence-electron chi connectivity index (χ0n) is 8.83. The Hall–Kier alpha value is -2.04. The van der Waals surface area contributed by atoms with Gasteiger partial charge < -0.3 is 15.0 Å². The average Bonchev–Trinajstić information content (AvgIpc) is 2.78. The van der Waals surface area contributed by atoms with Gasteiger partial charge in [0.1, 0.15) is 17.4 Å². The molecule has 1 aromatic carbocycles. The monoisotopic (exact) mass is 221 g/mol. The summed E-state index contributed by atoms with van der Waals surface area (Å²) in [5.41, 5.74) is 0.660. The van der Waals surface area contributed by atoms with E-state index < -0.39 is 0 Å². The molecule has 0 saturated heterocycles. The summed E-state index contributed by atoms with van der Waals surface area (Å²) in [5, 5.41) is 3.05. The van der Waals surface area contributed by atoms with Crippen LogP contribution in [-0.4, -0.2) is 17.1 Å². The number of anilines is 1. The molecule has 0 aliphatic rings. The number of aromatic amines is 1. The minimum Gasteiger partial charge on any atom is -0.497 e. The fourth-order valence-electron chi connectivity index (χ4n) is 1.36. The van der Waals surface area contributed by atoms with Gasteiger partial charge in [-0.05, 0) is 6.07 Å². The molecule has 0 fully saturated rings. The Morgan fingerprint density at radius 2 is 2.31 bits per heavy atom. The predicted octanol–water partition coefficient (Wildman–Crippen LogP) is 2.17. The molecular formula is C11H12FN3O. The second-order valence-electron chi connectivity index (χ2n) is 3.27. The minimum absolute atomic E-state index is 0.332. The molecule has 0 aliphatic heterocycles. The van der Waals surface area contributed by atoms with Gasteiger partial charge in [0.15, 0.2) is 0 Å². The quantitative estimate of drug-likeness (QED) is 0.831. The van der Waals surface area contributed by atoms with E-state index in [4.69, 9.17) is 4.74 Å². The van der Waals surface area contributed by atoms with Crippen LogP contribution in [-0.2, 0) is 6.54 Å². The Bertz CT molecular complexity index is 456. The highest BCUT2D eigenvalue weighted by atomic mass is 19.1. The third-order valence-electron chi connectivity index (χ3n) is 2.12. The number of hydrogen-bond acceptors (Lipinski definition) is 3. The van der Waals surface area contributed by atoms with Gasteiger partial charge in [0, 0.05) is 30.2 Å². The molecule has 0 aliphatic carbocycles. The summed E-state index contributed by atoms with van der Waals surface area (Å²) in [6.45, 7) is 0.513. The zero-order chi connectivity index (χ0) is 11.4. The van der Waals surface area contributed by atoms with Gasteiger partial charge in [-0.3, -0.25) is 0 Å². The maximum absolute atomic E-state index is 13.1. The number of aromatic nitrogens is 2. The highest BCUT2D eigenvalue weighted by molar-refractivity contribution is 5.48. The van der Waals surface area contributed by atoms with Crippen LogP contribution < -0.4 is 10.1 Å². The molecule has 1 aromatic heterocycles. The molecule has 0 radical (unpaired) electrons. The van der Waals surface area contributed by atoms with E-state index in [1.807, 2.05) is 0 Å². The van der Waals surface area contributed by atoms with E-state index in [1.54, 1.807) is 18.5 Å². The normalized spacial score (nSPS) is 10.1. The first-order valence-electron chi connectivity index (χ1n) is 4.84. The first-order chi connectivity index (χ1) is 7.78. The van der Waals surface area contributed by atoms with Crippen LogP contribution >= 0.6 is 0 Å². The van der Waals surface area contributed by atoms with Crippen LogP contribution in [0.1, 0.15) is 5.82 Å². The molecule has 0 atom stereocenters. The molecule has 16 heavy (non-hydrogen) atoms. The lowest BCUT2D eigenvalue weighted by atomic mass is 10.3. The largest absolute Gasteiger partial charge is 0.497 e. The van der Waals surface area contributed by atoms with Crippen molar-refractivity contribution in [2.24, 2.45) is 0 Å². The summed E-state index contributed by atoms with van der Waals surface area (Å²) in [6.07, 6.45) is 3.41. The second kappa shape index (κ2) is 4.65. The minimum atomic E-state index is -0.332. The Morgan fingerprint density at radius 3 is 3.00 bits per heavy atom. The van der Waals surface area contributed by atoms with Crippen LogP contribution in [0, 0.1) is 5.82 Å². The summed E-state index contributed by atoms with van der Waals surface area (Å²) >= 11 is 0. The molecule has 0 amide bonds. The van der Waals surface area contributed by atoms with E-state index in [0.29, 0.717) is 18.0 Å². The fourth-order valence-corrected chi connectivity index (χ4v) is 1.36. The molecular weight excluding hydrogens is 209 g/mol. The van der Waals surface area contributed by atoms with Crippen molar-refractivity contribution in [3.8, 4) is 5.75 Å². The van der Waals surface area contributed by atoms with Gasteiger partial charge in [-0.15, -0.1) is 0 Å². The molecule has 84 valence electrons. The summed E-state index contributed by atoms with van der Waals surface area (Å²) in [6, 6.07) is 4.47. The van der Waals surface area contributed by atoms with Crippen LogP contribution in [0.2, 0.25) is 0 Å². The van der Waals surface area contributed by atoms with Gasteiger partial charge in [0.25, 0.3) is 0 Å². The molecule has 1 heterocycles. The van der Waals surface area contributed by atoms with Crippen LogP contribution in [0.15, 0.2) is 30.6 Å². The number of methoxy groups -OCH3 is 1. The third-order valence-corrected chi connectivity index (χ3v) is 2.12. The second-order valence-corrected chi connectivity index (χ2v) is 3.27. The molecule has 2 aromatic rings. The molecule has 0 spiro atoms. The van der Waals surface area contributed by atoms with Crippen molar-refractivity contribution < 1.29 is 9.13 Å². The van der Waals surface area contributed by atoms with Gasteiger partial charge in [-0.2, -0.15) is 0 Å². The number of benzene rings is 1. The van der Waals surface area contributed by atoms with Gasteiger partial charge in [-0.1, -0.05) is 0 Å². The summed E-state index contributed by atoms with van der Waals surface area (Å²) in [7, 11) is 1.51. The first kappa shape index (κ1) is 10.5. The number of hydrogen-bond donors (Lipinski definition) is 2. The molecule has 2 N–H and O–H groups in total. The SMILES string of the molecule is COc1cc(F)cc(NCc2ncc[nH]2)c1. The highest BCUT2D eigenvalue weighted by Crippen LogP contribution is 2.19. The lowest BCUT2D eigenvalue weighted by Crippen LogP contribution is -2.01. The number of nitrogens with one attached hydrogen (secondary N) is 2. The van der Waals surface area contributed by atoms with Crippen LogP contribution in [0.4, 0.5) is 10.1 Å². The number of imidazole rings is 1. The van der Waals surface area contributed by atoms with Gasteiger partial charge >= 0.3 is 0 Å². The van der Waals surface area contributed by atoms with Crippen molar-refractivity contribution in [3.05, 3.63) is 42.2 Å². The number of H-pyrrole nitrogens is 1. The molecule has 5 heteroatoms. The van der Waals surface area contributed by atoms with Crippen LogP contribution in [0.5, 0.6) is 5.75 Å². The van der Waals surface area contributed by atoms with Crippen molar-refractivity contribution in [1.82, 2.24) is 9.97 Å². The van der Waals surface area contributed by atoms with E-state index in [2.05, 4.69) is 15.3 Å². The Labute approximate surface area is 92.5 Å².